The van der Waals surface area contributed by atoms with Crippen molar-refractivity contribution in [2.24, 2.45) is 0 Å². The molecule has 1 atom stereocenters. The average Bonchev–Trinajstić information content (AvgIpc) is 3.18. The smallest absolute Gasteiger partial charge is 0.277 e. The zero-order chi connectivity index (χ0) is 22.1. The highest BCUT2D eigenvalue weighted by Crippen LogP contribution is 2.29. The normalized spacial score (nSPS) is 15.5. The molecule has 156 valence electrons. The van der Waals surface area contributed by atoms with E-state index in [1.54, 1.807) is 18.2 Å². The average molecular weight is 421 g/mol. The molecule has 3 aromatic rings. The molecule has 1 N–H and O–H groups in total. The van der Waals surface area contributed by atoms with Crippen molar-refractivity contribution < 1.29 is 18.4 Å². The number of aromatic nitrogens is 2. The molecular weight excluding hydrogens is 404 g/mol. The summed E-state index contributed by atoms with van der Waals surface area (Å²) in [5, 5.41) is 15.9. The Bertz CT molecular complexity index is 1200. The molecule has 2 heterocycles. The number of rotatable bonds is 4. The molecule has 0 fully saturated rings. The molecule has 0 saturated carbocycles. The monoisotopic (exact) mass is 421 g/mol. The number of fused-ring (bicyclic) bond motifs is 1. The van der Waals surface area contributed by atoms with E-state index in [9.17, 15) is 18.4 Å². The van der Waals surface area contributed by atoms with Gasteiger partial charge in [0.05, 0.1) is 36.0 Å². The third kappa shape index (κ3) is 3.75. The largest absolute Gasteiger partial charge is 0.322 e. The molecule has 1 aliphatic rings. The molecule has 1 aliphatic heterocycles. The number of nitrogens with zero attached hydrogens (tertiary/aromatic N) is 4. The fourth-order valence-electron chi connectivity index (χ4n) is 3.58. The van der Waals surface area contributed by atoms with Crippen LogP contribution in [0.5, 0.6) is 0 Å². The second kappa shape index (κ2) is 7.99. The molecule has 0 saturated heterocycles. The Balaban J connectivity index is 1.64. The van der Waals surface area contributed by atoms with Gasteiger partial charge >= 0.3 is 0 Å². The summed E-state index contributed by atoms with van der Waals surface area (Å²) in [6.45, 7) is 2.16. The summed E-state index contributed by atoms with van der Waals surface area (Å²) in [4.78, 5) is 27.6. The van der Waals surface area contributed by atoms with Gasteiger partial charge in [-0.15, -0.1) is 0 Å². The molecule has 1 aromatic heterocycles. The van der Waals surface area contributed by atoms with Gasteiger partial charge in [0, 0.05) is 16.9 Å². The Hall–Kier alpha value is -4.06. The Morgan fingerprint density at radius 1 is 1.26 bits per heavy atom. The minimum atomic E-state index is -2.60. The van der Waals surface area contributed by atoms with Gasteiger partial charge in [-0.25, -0.2) is 8.78 Å². The highest BCUT2D eigenvalue weighted by atomic mass is 19.3. The third-order valence-corrected chi connectivity index (χ3v) is 5.06. The van der Waals surface area contributed by atoms with Crippen molar-refractivity contribution in [3.63, 3.8) is 0 Å². The van der Waals surface area contributed by atoms with Crippen LogP contribution in [0.15, 0.2) is 54.7 Å². The summed E-state index contributed by atoms with van der Waals surface area (Å²) in [5.41, 5.74) is 1.34. The van der Waals surface area contributed by atoms with E-state index in [2.05, 4.69) is 10.4 Å². The number of hydrogen-bond acceptors (Lipinski definition) is 4. The van der Waals surface area contributed by atoms with Crippen LogP contribution in [0.25, 0.3) is 0 Å². The molecule has 0 bridgehead atoms. The fraction of sp³-hybridized carbons (Fsp3) is 0.182. The highest BCUT2D eigenvalue weighted by molar-refractivity contribution is 6.15. The first-order chi connectivity index (χ1) is 14.9. The SMILES string of the molecule is C[C@H]1Cn2ncc(C(=O)Nc3cccc(C#N)c3)c2C(=O)N1c1ccc(C(F)F)cc1. The quantitative estimate of drug-likeness (QED) is 0.690. The first-order valence-corrected chi connectivity index (χ1v) is 9.48. The van der Waals surface area contributed by atoms with Gasteiger partial charge in [-0.05, 0) is 37.3 Å². The Morgan fingerprint density at radius 2 is 2.00 bits per heavy atom. The third-order valence-electron chi connectivity index (χ3n) is 5.06. The molecule has 2 aromatic carbocycles. The van der Waals surface area contributed by atoms with E-state index >= 15 is 0 Å². The van der Waals surface area contributed by atoms with Crippen molar-refractivity contribution in [3.8, 4) is 6.07 Å². The van der Waals surface area contributed by atoms with Crippen molar-refractivity contribution >= 4 is 23.2 Å². The number of benzene rings is 2. The van der Waals surface area contributed by atoms with E-state index < -0.39 is 18.2 Å². The zero-order valence-electron chi connectivity index (χ0n) is 16.4. The van der Waals surface area contributed by atoms with Crippen molar-refractivity contribution in [3.05, 3.63) is 77.1 Å². The lowest BCUT2D eigenvalue weighted by atomic mass is 10.1. The maximum Gasteiger partial charge on any atom is 0.277 e. The van der Waals surface area contributed by atoms with E-state index in [4.69, 9.17) is 5.26 Å². The van der Waals surface area contributed by atoms with Gasteiger partial charge in [0.1, 0.15) is 5.69 Å². The lowest BCUT2D eigenvalue weighted by Crippen LogP contribution is -2.47. The molecule has 2 amide bonds. The van der Waals surface area contributed by atoms with Crippen molar-refractivity contribution in [2.45, 2.75) is 25.9 Å². The van der Waals surface area contributed by atoms with E-state index in [-0.39, 0.29) is 22.9 Å². The van der Waals surface area contributed by atoms with E-state index in [0.29, 0.717) is 23.5 Å². The number of carbonyl (C=O) groups is 2. The maximum atomic E-state index is 13.3. The van der Waals surface area contributed by atoms with Crippen LogP contribution >= 0.6 is 0 Å². The van der Waals surface area contributed by atoms with Crippen molar-refractivity contribution in [1.29, 1.82) is 5.26 Å². The van der Waals surface area contributed by atoms with Crippen LogP contribution in [-0.2, 0) is 6.54 Å². The van der Waals surface area contributed by atoms with E-state index in [1.807, 2.05) is 13.0 Å². The van der Waals surface area contributed by atoms with Gasteiger partial charge in [0.15, 0.2) is 0 Å². The number of nitrogens with one attached hydrogen (secondary N) is 1. The maximum absolute atomic E-state index is 13.3. The van der Waals surface area contributed by atoms with Crippen LogP contribution in [0, 0.1) is 11.3 Å². The molecule has 4 rings (SSSR count). The predicted molar refractivity (Wildman–Crippen MR) is 109 cm³/mol. The fourth-order valence-corrected chi connectivity index (χ4v) is 3.58. The standard InChI is InChI=1S/C22H17F2N5O2/c1-13-12-28-19(22(31)29(13)17-7-5-15(6-8-17)20(23)24)18(11-26-28)21(30)27-16-4-2-3-14(9-16)10-25/h2-9,11,13,20H,12H2,1H3,(H,27,30)/t13-/m0/s1. The molecule has 7 nitrogen and oxygen atoms in total. The molecule has 0 aliphatic carbocycles. The van der Waals surface area contributed by atoms with Crippen LogP contribution in [0.1, 0.15) is 45.3 Å². The number of halogens is 2. The Morgan fingerprint density at radius 3 is 2.68 bits per heavy atom. The number of hydrogen-bond donors (Lipinski definition) is 1. The minimum absolute atomic E-state index is 0.0912. The lowest BCUT2D eigenvalue weighted by Gasteiger charge is -2.34. The summed E-state index contributed by atoms with van der Waals surface area (Å²) in [7, 11) is 0. The topological polar surface area (TPSA) is 91.0 Å². The van der Waals surface area contributed by atoms with Crippen LogP contribution in [-0.4, -0.2) is 27.6 Å². The first-order valence-electron chi connectivity index (χ1n) is 9.48. The van der Waals surface area contributed by atoms with Gasteiger partial charge < -0.3 is 10.2 Å². The van der Waals surface area contributed by atoms with Crippen LogP contribution in [0.3, 0.4) is 0 Å². The van der Waals surface area contributed by atoms with Crippen molar-refractivity contribution in [2.75, 3.05) is 10.2 Å². The summed E-state index contributed by atoms with van der Waals surface area (Å²) in [6, 6.07) is 13.6. The van der Waals surface area contributed by atoms with Gasteiger partial charge in [-0.3, -0.25) is 14.3 Å². The summed E-state index contributed by atoms with van der Waals surface area (Å²) < 4.78 is 27.2. The van der Waals surface area contributed by atoms with Gasteiger partial charge in [-0.1, -0.05) is 18.2 Å². The summed E-state index contributed by atoms with van der Waals surface area (Å²) in [6.07, 6.45) is -1.27. The number of nitriles is 1. The van der Waals surface area contributed by atoms with Gasteiger partial charge in [-0.2, -0.15) is 10.4 Å². The van der Waals surface area contributed by atoms with Crippen LogP contribution in [0.4, 0.5) is 20.2 Å². The van der Waals surface area contributed by atoms with E-state index in [0.717, 1.165) is 0 Å². The van der Waals surface area contributed by atoms with Gasteiger partial charge in [0.2, 0.25) is 0 Å². The molecule has 0 unspecified atom stereocenters. The number of carbonyl (C=O) groups excluding carboxylic acids is 2. The van der Waals surface area contributed by atoms with Crippen LogP contribution < -0.4 is 10.2 Å². The zero-order valence-corrected chi connectivity index (χ0v) is 16.4. The highest BCUT2D eigenvalue weighted by Gasteiger charge is 2.35. The minimum Gasteiger partial charge on any atom is -0.322 e. The Kier molecular flexibility index (Phi) is 5.21. The summed E-state index contributed by atoms with van der Waals surface area (Å²) >= 11 is 0. The van der Waals surface area contributed by atoms with Gasteiger partial charge in [0.25, 0.3) is 18.2 Å². The number of anilines is 2. The second-order valence-corrected chi connectivity index (χ2v) is 7.15. The first kappa shape index (κ1) is 20.2. The van der Waals surface area contributed by atoms with Crippen molar-refractivity contribution in [1.82, 2.24) is 9.78 Å². The molecular formula is C22H17F2N5O2. The lowest BCUT2D eigenvalue weighted by molar-refractivity contribution is 0.0933. The number of alkyl halides is 2. The predicted octanol–water partition coefficient (Wildman–Crippen LogP) is 3.99. The second-order valence-electron chi connectivity index (χ2n) is 7.15. The van der Waals surface area contributed by atoms with E-state index in [1.165, 1.54) is 46.1 Å². The van der Waals surface area contributed by atoms with Crippen LogP contribution in [0.2, 0.25) is 0 Å². The molecule has 31 heavy (non-hydrogen) atoms. The molecule has 0 spiro atoms. The molecule has 0 radical (unpaired) electrons. The number of amides is 2. The Labute approximate surface area is 176 Å². The molecule has 9 heteroatoms. The summed E-state index contributed by atoms with van der Waals surface area (Å²) in [5.74, 6) is -0.982.